The van der Waals surface area contributed by atoms with E-state index in [1.54, 1.807) is 28.3 Å². The van der Waals surface area contributed by atoms with Crippen LogP contribution in [-0.2, 0) is 6.54 Å². The molecule has 0 aliphatic heterocycles. The molecule has 0 fully saturated rings. The first-order valence-electron chi connectivity index (χ1n) is 3.99. The number of aromatic nitrogens is 2. The van der Waals surface area contributed by atoms with Crippen LogP contribution in [0.4, 0.5) is 0 Å². The molecule has 0 unspecified atom stereocenters. The number of nitrogens with zero attached hydrogens (tertiary/aromatic N) is 2. The Bertz CT molecular complexity index is 491. The summed E-state index contributed by atoms with van der Waals surface area (Å²) >= 11 is 5.05. The fraction of sp³-hybridized carbons (Fsp3) is 0.111. The highest BCUT2D eigenvalue weighted by Gasteiger charge is 2.02. The maximum atomic E-state index is 11.3. The molecule has 0 saturated heterocycles. The highest BCUT2D eigenvalue weighted by atomic mass is 79.9. The van der Waals surface area contributed by atoms with E-state index < -0.39 is 0 Å². The molecular weight excluding hydrogens is 264 g/mol. The van der Waals surface area contributed by atoms with Crippen LogP contribution in [0.3, 0.4) is 0 Å². The van der Waals surface area contributed by atoms with E-state index >= 15 is 0 Å². The first-order valence-corrected chi connectivity index (χ1v) is 5.67. The van der Waals surface area contributed by atoms with Gasteiger partial charge in [0.25, 0.3) is 5.56 Å². The van der Waals surface area contributed by atoms with E-state index in [9.17, 15) is 4.79 Å². The van der Waals surface area contributed by atoms with Crippen LogP contribution in [0.2, 0.25) is 0 Å². The number of halogens is 1. The van der Waals surface area contributed by atoms with Gasteiger partial charge in [-0.1, -0.05) is 0 Å². The van der Waals surface area contributed by atoms with Gasteiger partial charge >= 0.3 is 0 Å². The van der Waals surface area contributed by atoms with Crippen molar-refractivity contribution in [3.8, 4) is 0 Å². The SMILES string of the molecule is O=c1cnccn1Cc1sccc1Br. The first-order chi connectivity index (χ1) is 6.77. The third kappa shape index (κ3) is 1.93. The van der Waals surface area contributed by atoms with Gasteiger partial charge in [0.05, 0.1) is 12.7 Å². The molecule has 0 radical (unpaired) electrons. The smallest absolute Gasteiger partial charge is 0.269 e. The number of hydrogen-bond acceptors (Lipinski definition) is 3. The molecule has 72 valence electrons. The zero-order valence-corrected chi connectivity index (χ0v) is 9.59. The van der Waals surface area contributed by atoms with E-state index in [0.29, 0.717) is 6.54 Å². The van der Waals surface area contributed by atoms with Gasteiger partial charge in [-0.15, -0.1) is 11.3 Å². The van der Waals surface area contributed by atoms with Crippen molar-refractivity contribution in [3.63, 3.8) is 0 Å². The van der Waals surface area contributed by atoms with Gasteiger partial charge in [0.1, 0.15) is 0 Å². The average molecular weight is 271 g/mol. The third-order valence-corrected chi connectivity index (χ3v) is 3.72. The lowest BCUT2D eigenvalue weighted by atomic mass is 10.4. The molecular formula is C9H7BrN2OS. The van der Waals surface area contributed by atoms with Crippen molar-refractivity contribution < 1.29 is 0 Å². The van der Waals surface area contributed by atoms with Crippen molar-refractivity contribution >= 4 is 27.3 Å². The quantitative estimate of drug-likeness (QED) is 0.838. The van der Waals surface area contributed by atoms with Crippen molar-refractivity contribution in [1.82, 2.24) is 9.55 Å². The average Bonchev–Trinajstić information content (AvgIpc) is 2.56. The van der Waals surface area contributed by atoms with E-state index in [0.717, 1.165) is 9.35 Å². The molecule has 5 heteroatoms. The van der Waals surface area contributed by atoms with Crippen LogP contribution in [0.25, 0.3) is 0 Å². The molecule has 2 heterocycles. The van der Waals surface area contributed by atoms with Gasteiger partial charge in [0, 0.05) is 21.7 Å². The van der Waals surface area contributed by atoms with Crippen molar-refractivity contribution in [2.45, 2.75) is 6.54 Å². The maximum Gasteiger partial charge on any atom is 0.269 e. The minimum Gasteiger partial charge on any atom is -0.307 e. The van der Waals surface area contributed by atoms with E-state index in [2.05, 4.69) is 20.9 Å². The predicted octanol–water partition coefficient (Wildman–Crippen LogP) is 2.12. The Balaban J connectivity index is 2.32. The molecule has 2 aromatic rings. The number of hydrogen-bond donors (Lipinski definition) is 0. The minimum absolute atomic E-state index is 0.0761. The second-order valence-corrected chi connectivity index (χ2v) is 4.59. The van der Waals surface area contributed by atoms with E-state index in [4.69, 9.17) is 0 Å². The Kier molecular flexibility index (Phi) is 2.79. The number of rotatable bonds is 2. The largest absolute Gasteiger partial charge is 0.307 e. The highest BCUT2D eigenvalue weighted by Crippen LogP contribution is 2.22. The van der Waals surface area contributed by atoms with E-state index in [1.165, 1.54) is 6.20 Å². The Morgan fingerprint density at radius 2 is 2.43 bits per heavy atom. The Morgan fingerprint density at radius 1 is 1.57 bits per heavy atom. The zero-order chi connectivity index (χ0) is 9.97. The molecule has 14 heavy (non-hydrogen) atoms. The van der Waals surface area contributed by atoms with Crippen LogP contribution in [0, 0.1) is 0 Å². The summed E-state index contributed by atoms with van der Waals surface area (Å²) in [6, 6.07) is 1.98. The normalized spacial score (nSPS) is 10.4. The van der Waals surface area contributed by atoms with Crippen molar-refractivity contribution in [1.29, 1.82) is 0 Å². The summed E-state index contributed by atoms with van der Waals surface area (Å²) < 4.78 is 2.68. The summed E-state index contributed by atoms with van der Waals surface area (Å²) in [6.45, 7) is 0.597. The Morgan fingerprint density at radius 3 is 3.07 bits per heavy atom. The maximum absolute atomic E-state index is 11.3. The lowest BCUT2D eigenvalue weighted by molar-refractivity contribution is 0.756. The van der Waals surface area contributed by atoms with Crippen molar-refractivity contribution in [2.24, 2.45) is 0 Å². The topological polar surface area (TPSA) is 34.9 Å². The van der Waals surface area contributed by atoms with Gasteiger partial charge in [0.15, 0.2) is 0 Å². The molecule has 2 rings (SSSR count). The van der Waals surface area contributed by atoms with Crippen LogP contribution < -0.4 is 5.56 Å². The van der Waals surface area contributed by atoms with E-state index in [1.807, 2.05) is 11.4 Å². The first kappa shape index (κ1) is 9.61. The lowest BCUT2D eigenvalue weighted by Gasteiger charge is -2.02. The van der Waals surface area contributed by atoms with Crippen LogP contribution >= 0.6 is 27.3 Å². The highest BCUT2D eigenvalue weighted by molar-refractivity contribution is 9.10. The molecule has 0 spiro atoms. The number of thiophene rings is 1. The predicted molar refractivity (Wildman–Crippen MR) is 59.6 cm³/mol. The summed E-state index contributed by atoms with van der Waals surface area (Å²) in [7, 11) is 0. The standard InChI is InChI=1S/C9H7BrN2OS/c10-7-1-4-14-8(7)6-12-3-2-11-5-9(12)13/h1-5H,6H2. The van der Waals surface area contributed by atoms with Crippen LogP contribution in [0.15, 0.2) is 39.3 Å². The second kappa shape index (κ2) is 4.06. The summed E-state index contributed by atoms with van der Waals surface area (Å²) in [4.78, 5) is 16.2. The second-order valence-electron chi connectivity index (χ2n) is 2.73. The molecule has 0 atom stereocenters. The molecule has 0 aliphatic carbocycles. The third-order valence-electron chi connectivity index (χ3n) is 1.81. The van der Waals surface area contributed by atoms with Crippen molar-refractivity contribution in [2.75, 3.05) is 0 Å². The molecule has 0 saturated carbocycles. The molecule has 0 aliphatic rings. The molecule has 0 N–H and O–H groups in total. The van der Waals surface area contributed by atoms with Crippen LogP contribution in [-0.4, -0.2) is 9.55 Å². The van der Waals surface area contributed by atoms with Gasteiger partial charge in [-0.05, 0) is 27.4 Å². The van der Waals surface area contributed by atoms with Gasteiger partial charge in [-0.2, -0.15) is 0 Å². The Hall–Kier alpha value is -0.940. The fourth-order valence-corrected chi connectivity index (χ4v) is 2.57. The molecule has 0 bridgehead atoms. The van der Waals surface area contributed by atoms with Gasteiger partial charge in [0.2, 0.25) is 0 Å². The molecule has 0 amide bonds. The summed E-state index contributed by atoms with van der Waals surface area (Å²) in [6.07, 6.45) is 4.62. The molecule has 2 aromatic heterocycles. The van der Waals surface area contributed by atoms with Gasteiger partial charge in [-0.25, -0.2) is 0 Å². The summed E-state index contributed by atoms with van der Waals surface area (Å²) in [5.74, 6) is 0. The monoisotopic (exact) mass is 270 g/mol. The van der Waals surface area contributed by atoms with Gasteiger partial charge < -0.3 is 4.57 Å². The summed E-state index contributed by atoms with van der Waals surface area (Å²) in [5, 5.41) is 1.99. The minimum atomic E-state index is -0.0761. The van der Waals surface area contributed by atoms with Crippen LogP contribution in [0.1, 0.15) is 4.88 Å². The van der Waals surface area contributed by atoms with Crippen LogP contribution in [0.5, 0.6) is 0 Å². The molecule has 3 nitrogen and oxygen atoms in total. The lowest BCUT2D eigenvalue weighted by Crippen LogP contribution is -2.18. The summed E-state index contributed by atoms with van der Waals surface area (Å²) in [5.41, 5.74) is -0.0761. The fourth-order valence-electron chi connectivity index (χ4n) is 1.10. The van der Waals surface area contributed by atoms with E-state index in [-0.39, 0.29) is 5.56 Å². The van der Waals surface area contributed by atoms with Gasteiger partial charge in [-0.3, -0.25) is 9.78 Å². The van der Waals surface area contributed by atoms with Crippen molar-refractivity contribution in [3.05, 3.63) is 49.7 Å². The Labute approximate surface area is 93.2 Å². The molecule has 0 aromatic carbocycles. The zero-order valence-electron chi connectivity index (χ0n) is 7.18.